The summed E-state index contributed by atoms with van der Waals surface area (Å²) in [5.41, 5.74) is 1.23. The van der Waals surface area contributed by atoms with Gasteiger partial charge >= 0.3 is 0 Å². The molecule has 3 rings (SSSR count). The second-order valence-electron chi connectivity index (χ2n) is 7.45. The minimum absolute atomic E-state index is 0.0896. The third-order valence-electron chi connectivity index (χ3n) is 5.50. The number of nitriles is 1. The summed E-state index contributed by atoms with van der Waals surface area (Å²) < 4.78 is 0. The van der Waals surface area contributed by atoms with Crippen molar-refractivity contribution in [1.82, 2.24) is 10.2 Å². The number of nitrogens with one attached hydrogen (secondary N) is 1. The summed E-state index contributed by atoms with van der Waals surface area (Å²) in [7, 11) is 0. The van der Waals surface area contributed by atoms with E-state index in [0.29, 0.717) is 31.0 Å². The number of hydrogen-bond acceptors (Lipinski definition) is 4. The quantitative estimate of drug-likeness (QED) is 0.745. The van der Waals surface area contributed by atoms with Gasteiger partial charge in [0.25, 0.3) is 5.91 Å². The summed E-state index contributed by atoms with van der Waals surface area (Å²) in [6, 6.07) is 9.02. The van der Waals surface area contributed by atoms with Gasteiger partial charge in [0.05, 0.1) is 19.0 Å². The smallest absolute Gasteiger partial charge is 0.251 e. The molecule has 28 heavy (non-hydrogen) atoms. The van der Waals surface area contributed by atoms with Crippen molar-refractivity contribution in [2.45, 2.75) is 45.1 Å². The Labute approximate surface area is 165 Å². The number of benzene rings is 1. The van der Waals surface area contributed by atoms with Gasteiger partial charge in [-0.15, -0.1) is 0 Å². The van der Waals surface area contributed by atoms with Gasteiger partial charge in [0.2, 0.25) is 11.8 Å². The fraction of sp³-hybridized carbons (Fsp3) is 0.524. The zero-order valence-electron chi connectivity index (χ0n) is 16.2. The molecule has 1 aliphatic heterocycles. The van der Waals surface area contributed by atoms with Crippen molar-refractivity contribution in [2.24, 2.45) is 5.92 Å². The molecule has 0 unspecified atom stereocenters. The molecule has 1 heterocycles. The van der Waals surface area contributed by atoms with E-state index in [1.54, 1.807) is 34.1 Å². The zero-order valence-corrected chi connectivity index (χ0v) is 16.2. The van der Waals surface area contributed by atoms with Crippen molar-refractivity contribution >= 4 is 23.4 Å². The second-order valence-corrected chi connectivity index (χ2v) is 7.45. The highest BCUT2D eigenvalue weighted by molar-refractivity contribution is 5.98. The van der Waals surface area contributed by atoms with Gasteiger partial charge in [-0.1, -0.05) is 0 Å². The third-order valence-corrected chi connectivity index (χ3v) is 5.50. The Morgan fingerprint density at radius 1 is 1.32 bits per heavy atom. The van der Waals surface area contributed by atoms with Gasteiger partial charge in [-0.25, -0.2) is 0 Å². The summed E-state index contributed by atoms with van der Waals surface area (Å²) in [5.74, 6) is 0.110. The Morgan fingerprint density at radius 3 is 2.61 bits per heavy atom. The Balaban J connectivity index is 1.55. The molecular formula is C21H26N4O3. The lowest BCUT2D eigenvalue weighted by molar-refractivity contribution is -0.132. The van der Waals surface area contributed by atoms with Crippen LogP contribution in [0.15, 0.2) is 24.3 Å². The third kappa shape index (κ3) is 4.69. The van der Waals surface area contributed by atoms with E-state index >= 15 is 0 Å². The fourth-order valence-corrected chi connectivity index (χ4v) is 3.63. The van der Waals surface area contributed by atoms with E-state index < -0.39 is 0 Å². The molecule has 7 heteroatoms. The summed E-state index contributed by atoms with van der Waals surface area (Å²) in [6.07, 6.45) is 3.91. The van der Waals surface area contributed by atoms with Crippen molar-refractivity contribution in [2.75, 3.05) is 24.5 Å². The van der Waals surface area contributed by atoms with Crippen LogP contribution in [0.2, 0.25) is 0 Å². The van der Waals surface area contributed by atoms with Crippen molar-refractivity contribution in [3.63, 3.8) is 0 Å². The van der Waals surface area contributed by atoms with Gasteiger partial charge in [0.15, 0.2) is 0 Å². The van der Waals surface area contributed by atoms with Crippen LogP contribution in [0.3, 0.4) is 0 Å². The van der Waals surface area contributed by atoms with Crippen LogP contribution >= 0.6 is 0 Å². The van der Waals surface area contributed by atoms with Crippen LogP contribution in [0.25, 0.3) is 0 Å². The van der Waals surface area contributed by atoms with Crippen molar-refractivity contribution in [3.8, 4) is 6.07 Å². The van der Waals surface area contributed by atoms with Gasteiger partial charge in [0, 0.05) is 36.8 Å². The van der Waals surface area contributed by atoms with Crippen LogP contribution in [0.4, 0.5) is 5.69 Å². The van der Waals surface area contributed by atoms with Crippen LogP contribution < -0.4 is 10.2 Å². The van der Waals surface area contributed by atoms with Crippen molar-refractivity contribution < 1.29 is 14.4 Å². The first kappa shape index (κ1) is 19.9. The van der Waals surface area contributed by atoms with Gasteiger partial charge < -0.3 is 15.1 Å². The van der Waals surface area contributed by atoms with Crippen LogP contribution in [-0.4, -0.2) is 48.3 Å². The molecule has 0 radical (unpaired) electrons. The normalized spacial score (nSPS) is 17.1. The minimum Gasteiger partial charge on any atom is -0.343 e. The molecular weight excluding hydrogens is 356 g/mol. The molecule has 0 aromatic heterocycles. The van der Waals surface area contributed by atoms with Gasteiger partial charge in [-0.2, -0.15) is 5.26 Å². The van der Waals surface area contributed by atoms with Gasteiger partial charge in [-0.05, 0) is 56.4 Å². The highest BCUT2D eigenvalue weighted by Crippen LogP contribution is 2.35. The zero-order chi connectivity index (χ0) is 20.1. The van der Waals surface area contributed by atoms with Gasteiger partial charge in [-0.3, -0.25) is 14.4 Å². The monoisotopic (exact) mass is 382 g/mol. The number of carbonyl (C=O) groups excluding carboxylic acids is 3. The summed E-state index contributed by atoms with van der Waals surface area (Å²) in [6.45, 7) is 3.01. The Kier molecular flexibility index (Phi) is 6.30. The van der Waals surface area contributed by atoms with E-state index in [1.807, 2.05) is 6.92 Å². The van der Waals surface area contributed by atoms with Crippen LogP contribution in [-0.2, 0) is 9.59 Å². The molecule has 2 fully saturated rings. The molecule has 148 valence electrons. The molecule has 0 spiro atoms. The lowest BCUT2D eigenvalue weighted by Gasteiger charge is -2.29. The Morgan fingerprint density at radius 2 is 2.04 bits per heavy atom. The van der Waals surface area contributed by atoms with Crippen LogP contribution in [0.1, 0.15) is 49.4 Å². The van der Waals surface area contributed by atoms with Crippen molar-refractivity contribution in [1.29, 1.82) is 5.26 Å². The van der Waals surface area contributed by atoms with E-state index in [4.69, 9.17) is 5.26 Å². The van der Waals surface area contributed by atoms with Crippen molar-refractivity contribution in [3.05, 3.63) is 29.8 Å². The topological polar surface area (TPSA) is 93.5 Å². The number of anilines is 1. The standard InChI is InChI=1S/C21H26N4O3/c1-15(16-5-6-16)24(13-3-11-22)20(27)14-23-21(28)17-7-9-18(10-8-17)25-12-2-4-19(25)26/h7-10,15-16H,2-6,12-14H2,1H3,(H,23,28)/t15-/m1/s1. The number of nitrogens with zero attached hydrogens (tertiary/aromatic N) is 3. The fourth-order valence-electron chi connectivity index (χ4n) is 3.63. The van der Waals surface area contributed by atoms with E-state index in [1.165, 1.54) is 0 Å². The highest BCUT2D eigenvalue weighted by Gasteiger charge is 2.34. The number of carbonyl (C=O) groups is 3. The summed E-state index contributed by atoms with van der Waals surface area (Å²) >= 11 is 0. The molecule has 1 atom stereocenters. The molecule has 1 saturated carbocycles. The molecule has 1 saturated heterocycles. The average Bonchev–Trinajstić information content (AvgIpc) is 3.47. The molecule has 3 amide bonds. The lowest BCUT2D eigenvalue weighted by Crippen LogP contribution is -2.45. The molecule has 1 aromatic rings. The number of rotatable bonds is 8. The molecule has 0 bridgehead atoms. The molecule has 2 aliphatic rings. The van der Waals surface area contributed by atoms with Gasteiger partial charge in [0.1, 0.15) is 0 Å². The minimum atomic E-state index is -0.327. The Bertz CT molecular complexity index is 780. The SMILES string of the molecule is C[C@H](C1CC1)N(CCC#N)C(=O)CNC(=O)c1ccc(N2CCCC2=O)cc1. The first-order valence-corrected chi connectivity index (χ1v) is 9.86. The van der Waals surface area contributed by atoms with Crippen LogP contribution in [0.5, 0.6) is 0 Å². The number of amides is 3. The predicted molar refractivity (Wildman–Crippen MR) is 104 cm³/mol. The first-order valence-electron chi connectivity index (χ1n) is 9.86. The lowest BCUT2D eigenvalue weighted by atomic mass is 10.1. The maximum atomic E-state index is 12.6. The maximum Gasteiger partial charge on any atom is 0.251 e. The Hall–Kier alpha value is -2.88. The average molecular weight is 382 g/mol. The van der Waals surface area contributed by atoms with E-state index in [2.05, 4.69) is 11.4 Å². The highest BCUT2D eigenvalue weighted by atomic mass is 16.2. The maximum absolute atomic E-state index is 12.6. The second kappa shape index (κ2) is 8.87. The molecule has 1 N–H and O–H groups in total. The largest absolute Gasteiger partial charge is 0.343 e. The first-order chi connectivity index (χ1) is 13.5. The predicted octanol–water partition coefficient (Wildman–Crippen LogP) is 2.08. The van der Waals surface area contributed by atoms with E-state index in [9.17, 15) is 14.4 Å². The molecule has 7 nitrogen and oxygen atoms in total. The number of hydrogen-bond donors (Lipinski definition) is 1. The van der Waals surface area contributed by atoms with Crippen LogP contribution in [0, 0.1) is 17.2 Å². The van der Waals surface area contributed by atoms with E-state index in [0.717, 1.165) is 24.9 Å². The summed E-state index contributed by atoms with van der Waals surface area (Å²) in [5, 5.41) is 11.5. The molecule has 1 aromatic carbocycles. The van der Waals surface area contributed by atoms with E-state index in [-0.39, 0.29) is 36.7 Å². The molecule has 1 aliphatic carbocycles. The summed E-state index contributed by atoms with van der Waals surface area (Å²) in [4.78, 5) is 40.2.